The second-order valence-electron chi connectivity index (χ2n) is 7.29. The monoisotopic (exact) mass is 268 g/mol. The van der Waals surface area contributed by atoms with Crippen LogP contribution in [-0.2, 0) is 4.74 Å². The third-order valence-corrected chi connectivity index (χ3v) is 4.92. The van der Waals surface area contributed by atoms with Crippen LogP contribution in [0.4, 0.5) is 0 Å². The van der Waals surface area contributed by atoms with Crippen LogP contribution >= 0.6 is 0 Å². The van der Waals surface area contributed by atoms with E-state index < -0.39 is 0 Å². The Balaban J connectivity index is 1.63. The summed E-state index contributed by atoms with van der Waals surface area (Å²) in [6, 6.07) is 1.52. The van der Waals surface area contributed by atoms with Gasteiger partial charge >= 0.3 is 0 Å². The molecule has 3 heteroatoms. The summed E-state index contributed by atoms with van der Waals surface area (Å²) in [5.41, 5.74) is 0.335. The molecule has 3 unspecified atom stereocenters. The largest absolute Gasteiger partial charge is 0.385 e. The molecule has 19 heavy (non-hydrogen) atoms. The third kappa shape index (κ3) is 4.73. The standard InChI is InChI=1S/C16H32N2O/c1-16(2,8-9-19-3)12-17-11-14-10-13-6-4-5-7-15(13)18-14/h13-15,17-18H,4-12H2,1-3H3. The molecule has 2 N–H and O–H groups in total. The summed E-state index contributed by atoms with van der Waals surface area (Å²) in [7, 11) is 1.79. The van der Waals surface area contributed by atoms with E-state index in [1.807, 2.05) is 0 Å². The highest BCUT2D eigenvalue weighted by Gasteiger charge is 2.34. The maximum absolute atomic E-state index is 5.18. The first-order valence-electron chi connectivity index (χ1n) is 8.06. The van der Waals surface area contributed by atoms with Gasteiger partial charge in [-0.2, -0.15) is 0 Å². The number of methoxy groups -OCH3 is 1. The van der Waals surface area contributed by atoms with Crippen LogP contribution in [0.25, 0.3) is 0 Å². The van der Waals surface area contributed by atoms with Gasteiger partial charge in [-0.25, -0.2) is 0 Å². The maximum atomic E-state index is 5.18. The molecular weight excluding hydrogens is 236 g/mol. The number of hydrogen-bond donors (Lipinski definition) is 2. The van der Waals surface area contributed by atoms with E-state index in [2.05, 4.69) is 24.5 Å². The van der Waals surface area contributed by atoms with Gasteiger partial charge in [0.2, 0.25) is 0 Å². The lowest BCUT2D eigenvalue weighted by Crippen LogP contribution is -2.41. The highest BCUT2D eigenvalue weighted by atomic mass is 16.5. The zero-order valence-corrected chi connectivity index (χ0v) is 13.0. The first-order chi connectivity index (χ1) is 9.11. The van der Waals surface area contributed by atoms with Crippen molar-refractivity contribution in [3.63, 3.8) is 0 Å². The summed E-state index contributed by atoms with van der Waals surface area (Å²) in [4.78, 5) is 0. The lowest BCUT2D eigenvalue weighted by molar-refractivity contribution is 0.150. The van der Waals surface area contributed by atoms with E-state index in [9.17, 15) is 0 Å². The van der Waals surface area contributed by atoms with Crippen molar-refractivity contribution >= 4 is 0 Å². The van der Waals surface area contributed by atoms with Gasteiger partial charge in [0.15, 0.2) is 0 Å². The van der Waals surface area contributed by atoms with Crippen LogP contribution in [0, 0.1) is 11.3 Å². The normalized spacial score (nSPS) is 31.4. The Hall–Kier alpha value is -0.120. The summed E-state index contributed by atoms with van der Waals surface area (Å²) in [6.07, 6.45) is 8.25. The molecule has 1 saturated heterocycles. The van der Waals surface area contributed by atoms with Crippen LogP contribution in [0.5, 0.6) is 0 Å². The number of nitrogens with one attached hydrogen (secondary N) is 2. The lowest BCUT2D eigenvalue weighted by Gasteiger charge is -2.26. The molecule has 2 fully saturated rings. The van der Waals surface area contributed by atoms with Gasteiger partial charge in [-0.3, -0.25) is 0 Å². The lowest BCUT2D eigenvalue weighted by atomic mass is 9.85. The fraction of sp³-hybridized carbons (Fsp3) is 1.00. The number of ether oxygens (including phenoxy) is 1. The van der Waals surface area contributed by atoms with Crippen LogP contribution in [0.2, 0.25) is 0 Å². The average Bonchev–Trinajstić information content (AvgIpc) is 2.78. The Morgan fingerprint density at radius 2 is 2.05 bits per heavy atom. The van der Waals surface area contributed by atoms with Gasteiger partial charge in [-0.15, -0.1) is 0 Å². The first-order valence-corrected chi connectivity index (χ1v) is 8.06. The predicted octanol–water partition coefficient (Wildman–Crippen LogP) is 2.56. The zero-order chi connectivity index (χ0) is 13.7. The Morgan fingerprint density at radius 1 is 1.26 bits per heavy atom. The molecular formula is C16H32N2O. The van der Waals surface area contributed by atoms with E-state index >= 15 is 0 Å². The van der Waals surface area contributed by atoms with Gasteiger partial charge in [0.25, 0.3) is 0 Å². The minimum atomic E-state index is 0.335. The molecule has 1 aliphatic carbocycles. The molecule has 0 bridgehead atoms. The highest BCUT2D eigenvalue weighted by Crippen LogP contribution is 2.33. The summed E-state index contributed by atoms with van der Waals surface area (Å²) in [5, 5.41) is 7.50. The molecule has 1 heterocycles. The van der Waals surface area contributed by atoms with E-state index in [0.29, 0.717) is 11.5 Å². The van der Waals surface area contributed by atoms with Gasteiger partial charge in [0.1, 0.15) is 0 Å². The molecule has 0 amide bonds. The molecule has 3 atom stereocenters. The van der Waals surface area contributed by atoms with Crippen molar-refractivity contribution in [3.8, 4) is 0 Å². The Morgan fingerprint density at radius 3 is 2.79 bits per heavy atom. The van der Waals surface area contributed by atoms with Crippen molar-refractivity contribution in [1.29, 1.82) is 0 Å². The Kier molecular flexibility index (Phi) is 5.67. The molecule has 0 aromatic heterocycles. The summed E-state index contributed by atoms with van der Waals surface area (Å²) >= 11 is 0. The van der Waals surface area contributed by atoms with Crippen LogP contribution in [0.1, 0.15) is 52.4 Å². The maximum Gasteiger partial charge on any atom is 0.0467 e. The fourth-order valence-corrected chi connectivity index (χ4v) is 3.64. The van der Waals surface area contributed by atoms with Crippen molar-refractivity contribution in [1.82, 2.24) is 10.6 Å². The molecule has 0 aromatic carbocycles. The third-order valence-electron chi connectivity index (χ3n) is 4.92. The van der Waals surface area contributed by atoms with Crippen molar-refractivity contribution in [2.75, 3.05) is 26.8 Å². The van der Waals surface area contributed by atoms with Crippen LogP contribution in [-0.4, -0.2) is 38.9 Å². The van der Waals surface area contributed by atoms with Gasteiger partial charge < -0.3 is 15.4 Å². The van der Waals surface area contributed by atoms with Gasteiger partial charge in [-0.05, 0) is 37.0 Å². The number of fused-ring (bicyclic) bond motifs is 1. The highest BCUT2D eigenvalue weighted by molar-refractivity contribution is 4.93. The van der Waals surface area contributed by atoms with E-state index in [-0.39, 0.29) is 0 Å². The predicted molar refractivity (Wildman–Crippen MR) is 80.4 cm³/mol. The average molecular weight is 268 g/mol. The summed E-state index contributed by atoms with van der Waals surface area (Å²) in [5.74, 6) is 0.960. The molecule has 0 radical (unpaired) electrons. The zero-order valence-electron chi connectivity index (χ0n) is 13.0. The summed E-state index contributed by atoms with van der Waals surface area (Å²) < 4.78 is 5.18. The molecule has 2 aliphatic rings. The van der Waals surface area contributed by atoms with E-state index in [1.54, 1.807) is 7.11 Å². The topological polar surface area (TPSA) is 33.3 Å². The number of hydrogen-bond acceptors (Lipinski definition) is 3. The van der Waals surface area contributed by atoms with Gasteiger partial charge in [0, 0.05) is 38.9 Å². The van der Waals surface area contributed by atoms with Crippen LogP contribution in [0.3, 0.4) is 0 Å². The van der Waals surface area contributed by atoms with Crippen molar-refractivity contribution < 1.29 is 4.74 Å². The second kappa shape index (κ2) is 7.05. The fourth-order valence-electron chi connectivity index (χ4n) is 3.64. The second-order valence-corrected chi connectivity index (χ2v) is 7.29. The van der Waals surface area contributed by atoms with Crippen LogP contribution in [0.15, 0.2) is 0 Å². The van der Waals surface area contributed by atoms with E-state index in [0.717, 1.165) is 38.1 Å². The quantitative estimate of drug-likeness (QED) is 0.744. The van der Waals surface area contributed by atoms with Crippen LogP contribution < -0.4 is 10.6 Å². The molecule has 0 spiro atoms. The van der Waals surface area contributed by atoms with Gasteiger partial charge in [-0.1, -0.05) is 26.7 Å². The van der Waals surface area contributed by atoms with Crippen molar-refractivity contribution in [2.45, 2.75) is 64.5 Å². The summed E-state index contributed by atoms with van der Waals surface area (Å²) in [6.45, 7) is 7.72. The Labute approximate surface area is 118 Å². The molecule has 0 aromatic rings. The van der Waals surface area contributed by atoms with Gasteiger partial charge in [0.05, 0.1) is 0 Å². The first kappa shape index (κ1) is 15.3. The molecule has 112 valence electrons. The van der Waals surface area contributed by atoms with Crippen molar-refractivity contribution in [2.24, 2.45) is 11.3 Å². The minimum Gasteiger partial charge on any atom is -0.385 e. The SMILES string of the molecule is COCCC(C)(C)CNCC1CC2CCCCC2N1. The van der Waals surface area contributed by atoms with E-state index in [4.69, 9.17) is 4.74 Å². The molecule has 3 nitrogen and oxygen atoms in total. The molecule has 2 rings (SSSR count). The van der Waals surface area contributed by atoms with E-state index in [1.165, 1.54) is 32.1 Å². The Bertz CT molecular complexity index is 253. The smallest absolute Gasteiger partial charge is 0.0467 e. The van der Waals surface area contributed by atoms with Crippen molar-refractivity contribution in [3.05, 3.63) is 0 Å². The minimum absolute atomic E-state index is 0.335. The number of rotatable bonds is 7. The molecule has 1 saturated carbocycles. The molecule has 1 aliphatic heterocycles.